The molecule has 0 saturated heterocycles. The van der Waals surface area contributed by atoms with Crippen LogP contribution in [0.1, 0.15) is 0 Å². The summed E-state index contributed by atoms with van der Waals surface area (Å²) in [4.78, 5) is 15.7. The van der Waals surface area contributed by atoms with E-state index in [0.717, 1.165) is 61.5 Å². The monoisotopic (exact) mass is 737 g/mol. The summed E-state index contributed by atoms with van der Waals surface area (Å²) in [6.07, 6.45) is 0. The van der Waals surface area contributed by atoms with Gasteiger partial charge in [-0.3, -0.25) is 0 Å². The van der Waals surface area contributed by atoms with Crippen molar-refractivity contribution in [3.63, 3.8) is 0 Å². The maximum absolute atomic E-state index is 5.39. The van der Waals surface area contributed by atoms with Crippen molar-refractivity contribution >= 4 is 43.2 Å². The van der Waals surface area contributed by atoms with E-state index < -0.39 is 0 Å². The number of nitrogens with zero attached hydrogens (tertiary/aromatic N) is 3. The highest BCUT2D eigenvalue weighted by atomic mass is 14.9. The van der Waals surface area contributed by atoms with Crippen LogP contribution in [0.2, 0.25) is 0 Å². The second-order valence-corrected chi connectivity index (χ2v) is 14.8. The van der Waals surface area contributed by atoms with Gasteiger partial charge in [-0.1, -0.05) is 188 Å². The zero-order valence-corrected chi connectivity index (χ0v) is 31.5. The van der Waals surface area contributed by atoms with E-state index in [1.807, 2.05) is 12.1 Å². The minimum atomic E-state index is 0.688. The molecule has 58 heavy (non-hydrogen) atoms. The third-order valence-corrected chi connectivity index (χ3v) is 11.2. The van der Waals surface area contributed by atoms with Crippen LogP contribution < -0.4 is 0 Å². The van der Waals surface area contributed by atoms with E-state index in [2.05, 4.69) is 200 Å². The van der Waals surface area contributed by atoms with Crippen molar-refractivity contribution in [1.82, 2.24) is 15.0 Å². The Bertz CT molecular complexity index is 3320. The van der Waals surface area contributed by atoms with E-state index in [0.29, 0.717) is 5.82 Å². The van der Waals surface area contributed by atoms with Gasteiger partial charge in [0.2, 0.25) is 0 Å². The predicted octanol–water partition coefficient (Wildman–Crippen LogP) is 14.5. The van der Waals surface area contributed by atoms with Crippen molar-refractivity contribution in [3.8, 4) is 67.4 Å². The van der Waals surface area contributed by atoms with Gasteiger partial charge in [0, 0.05) is 38.4 Å². The van der Waals surface area contributed by atoms with Gasteiger partial charge in [0.25, 0.3) is 0 Å². The number of benzene rings is 9. The van der Waals surface area contributed by atoms with Crippen molar-refractivity contribution in [3.05, 3.63) is 212 Å². The van der Waals surface area contributed by atoms with Crippen LogP contribution >= 0.6 is 0 Å². The SMILES string of the molecule is c1ccc(-c2cccc(-c3cc(-c4ccccc4)nc(-c4ccc(-c5cccc(-c6nc7ccccc7c7c8ccccc8c8ccccc8c67)c5)cc4)n3)c2)cc1. The highest BCUT2D eigenvalue weighted by molar-refractivity contribution is 6.33. The topological polar surface area (TPSA) is 38.7 Å². The molecule has 0 aliphatic heterocycles. The van der Waals surface area contributed by atoms with E-state index in [4.69, 9.17) is 15.0 Å². The molecular formula is C55H35N3. The van der Waals surface area contributed by atoms with Gasteiger partial charge in [-0.05, 0) is 68.1 Å². The summed E-state index contributed by atoms with van der Waals surface area (Å²) in [5.74, 6) is 0.688. The number of para-hydroxylation sites is 1. The highest BCUT2D eigenvalue weighted by Crippen LogP contribution is 2.43. The number of hydrogen-bond acceptors (Lipinski definition) is 3. The van der Waals surface area contributed by atoms with E-state index >= 15 is 0 Å². The number of aromatic nitrogens is 3. The van der Waals surface area contributed by atoms with E-state index in [-0.39, 0.29) is 0 Å². The van der Waals surface area contributed by atoms with Gasteiger partial charge in [0.05, 0.1) is 22.6 Å². The molecule has 3 heteroatoms. The molecule has 0 atom stereocenters. The van der Waals surface area contributed by atoms with Gasteiger partial charge < -0.3 is 0 Å². The molecule has 11 rings (SSSR count). The summed E-state index contributed by atoms with van der Waals surface area (Å²) >= 11 is 0. The first kappa shape index (κ1) is 33.6. The molecule has 0 fully saturated rings. The molecule has 2 aromatic heterocycles. The molecule has 0 amide bonds. The second kappa shape index (κ2) is 14.1. The Morgan fingerprint density at radius 1 is 0.241 bits per heavy atom. The van der Waals surface area contributed by atoms with Crippen molar-refractivity contribution in [2.45, 2.75) is 0 Å². The van der Waals surface area contributed by atoms with Crippen molar-refractivity contribution in [1.29, 1.82) is 0 Å². The first-order valence-electron chi connectivity index (χ1n) is 19.7. The van der Waals surface area contributed by atoms with Gasteiger partial charge in [-0.15, -0.1) is 0 Å². The molecule has 0 aliphatic carbocycles. The van der Waals surface area contributed by atoms with Gasteiger partial charge in [-0.2, -0.15) is 0 Å². The fraction of sp³-hybridized carbons (Fsp3) is 0. The zero-order chi connectivity index (χ0) is 38.4. The lowest BCUT2D eigenvalue weighted by Gasteiger charge is -2.16. The molecule has 0 saturated carbocycles. The van der Waals surface area contributed by atoms with Crippen LogP contribution in [0.25, 0.3) is 111 Å². The smallest absolute Gasteiger partial charge is 0.160 e. The number of hydrogen-bond donors (Lipinski definition) is 0. The number of rotatable bonds is 6. The van der Waals surface area contributed by atoms with Crippen LogP contribution in [0, 0.1) is 0 Å². The van der Waals surface area contributed by atoms with Crippen LogP contribution in [-0.4, -0.2) is 15.0 Å². The van der Waals surface area contributed by atoms with Gasteiger partial charge >= 0.3 is 0 Å². The Hall–Kier alpha value is -7.75. The second-order valence-electron chi connectivity index (χ2n) is 14.8. The third-order valence-electron chi connectivity index (χ3n) is 11.2. The minimum absolute atomic E-state index is 0.688. The lowest BCUT2D eigenvalue weighted by atomic mass is 9.89. The van der Waals surface area contributed by atoms with E-state index in [1.165, 1.54) is 43.3 Å². The molecule has 0 aliphatic rings. The molecule has 0 N–H and O–H groups in total. The molecule has 11 aromatic rings. The fourth-order valence-corrected chi connectivity index (χ4v) is 8.46. The van der Waals surface area contributed by atoms with Crippen molar-refractivity contribution < 1.29 is 0 Å². The van der Waals surface area contributed by atoms with Crippen LogP contribution in [0.15, 0.2) is 212 Å². The fourth-order valence-electron chi connectivity index (χ4n) is 8.46. The number of fused-ring (bicyclic) bond motifs is 8. The lowest BCUT2D eigenvalue weighted by Crippen LogP contribution is -1.96. The maximum atomic E-state index is 5.39. The van der Waals surface area contributed by atoms with Crippen molar-refractivity contribution in [2.75, 3.05) is 0 Å². The molecular weight excluding hydrogens is 703 g/mol. The summed E-state index contributed by atoms with van der Waals surface area (Å²) in [5, 5.41) is 8.54. The van der Waals surface area contributed by atoms with Crippen LogP contribution in [0.4, 0.5) is 0 Å². The normalized spacial score (nSPS) is 11.4. The Morgan fingerprint density at radius 2 is 0.690 bits per heavy atom. The highest BCUT2D eigenvalue weighted by Gasteiger charge is 2.18. The zero-order valence-electron chi connectivity index (χ0n) is 31.5. The van der Waals surface area contributed by atoms with Crippen LogP contribution in [0.3, 0.4) is 0 Å². The Labute approximate surface area is 336 Å². The molecule has 3 nitrogen and oxygen atoms in total. The lowest BCUT2D eigenvalue weighted by molar-refractivity contribution is 1.18. The average molecular weight is 738 g/mol. The van der Waals surface area contributed by atoms with E-state index in [1.54, 1.807) is 0 Å². The minimum Gasteiger partial charge on any atom is -0.247 e. The summed E-state index contributed by atoms with van der Waals surface area (Å²) in [6.45, 7) is 0. The first-order valence-corrected chi connectivity index (χ1v) is 19.7. The largest absolute Gasteiger partial charge is 0.247 e. The van der Waals surface area contributed by atoms with Gasteiger partial charge in [-0.25, -0.2) is 15.0 Å². The maximum Gasteiger partial charge on any atom is 0.160 e. The van der Waals surface area contributed by atoms with Crippen LogP contribution in [0.5, 0.6) is 0 Å². The predicted molar refractivity (Wildman–Crippen MR) is 242 cm³/mol. The molecule has 270 valence electrons. The Kier molecular flexibility index (Phi) is 8.15. The molecule has 0 bridgehead atoms. The average Bonchev–Trinajstić information content (AvgIpc) is 3.31. The van der Waals surface area contributed by atoms with Crippen LogP contribution in [-0.2, 0) is 0 Å². The Morgan fingerprint density at radius 3 is 1.36 bits per heavy atom. The standard InChI is InChI=1S/C55H35N3/c1-3-15-36(16-4-1)40-19-13-21-42(33-40)51-35-50(38-17-5-2-6-18-38)57-55(58-51)39-31-29-37(30-32-39)41-20-14-22-43(34-41)54-53-47-26-10-8-24-45(47)44-23-7-9-25-46(44)52(53)48-27-11-12-28-49(48)56-54/h1-35H. The first-order chi connectivity index (χ1) is 28.7. The summed E-state index contributed by atoms with van der Waals surface area (Å²) in [7, 11) is 0. The molecule has 0 unspecified atom stereocenters. The third kappa shape index (κ3) is 5.89. The van der Waals surface area contributed by atoms with Crippen molar-refractivity contribution in [2.24, 2.45) is 0 Å². The molecule has 0 radical (unpaired) electrons. The molecule has 0 spiro atoms. The van der Waals surface area contributed by atoms with Gasteiger partial charge in [0.15, 0.2) is 5.82 Å². The summed E-state index contributed by atoms with van der Waals surface area (Å²) in [6, 6.07) is 75.0. The van der Waals surface area contributed by atoms with E-state index in [9.17, 15) is 0 Å². The summed E-state index contributed by atoms with van der Waals surface area (Å²) < 4.78 is 0. The molecule has 9 aromatic carbocycles. The van der Waals surface area contributed by atoms with Gasteiger partial charge in [0.1, 0.15) is 0 Å². The number of pyridine rings is 1. The molecule has 2 heterocycles. The Balaban J connectivity index is 1.02. The quantitative estimate of drug-likeness (QED) is 0.160. The summed E-state index contributed by atoms with van der Waals surface area (Å²) in [5.41, 5.74) is 12.4.